The summed E-state index contributed by atoms with van der Waals surface area (Å²) >= 11 is 0. The van der Waals surface area contributed by atoms with Crippen molar-refractivity contribution in [2.75, 3.05) is 0 Å². The predicted octanol–water partition coefficient (Wildman–Crippen LogP) is 0.279. The molecule has 0 rings (SSSR count). The molecule has 0 aromatic rings. The van der Waals surface area contributed by atoms with E-state index in [1.807, 2.05) is 0 Å². The first-order valence-electron chi connectivity index (χ1n) is 3.92. The molecule has 0 aliphatic carbocycles. The molecule has 0 bridgehead atoms. The minimum atomic E-state index is -0.956. The van der Waals surface area contributed by atoms with Crippen LogP contribution in [0.4, 0.5) is 0 Å². The Morgan fingerprint density at radius 3 is 1.55 bits per heavy atom. The maximum atomic E-state index is 9.54. The largest absolute Gasteiger partial charge is 0.393 e. The lowest BCUT2D eigenvalue weighted by Gasteiger charge is -2.25. The molecule has 0 saturated carbocycles. The first-order valence-corrected chi connectivity index (χ1v) is 3.92. The smallest absolute Gasteiger partial charge is 0.0668 e. The second kappa shape index (κ2) is 4.04. The summed E-state index contributed by atoms with van der Waals surface area (Å²) in [6.45, 7) is 4.86. The Kier molecular flexibility index (Phi) is 4.00. The van der Waals surface area contributed by atoms with Crippen LogP contribution in [-0.2, 0) is 0 Å². The number of aliphatic hydroxyl groups excluding tert-OH is 2. The summed E-state index contributed by atoms with van der Waals surface area (Å²) in [5, 5.41) is 27.5. The average Bonchev–Trinajstić information content (AvgIpc) is 1.53. The van der Waals surface area contributed by atoms with E-state index < -0.39 is 17.8 Å². The second-order valence-electron chi connectivity index (χ2n) is 3.60. The van der Waals surface area contributed by atoms with E-state index in [1.165, 1.54) is 0 Å². The minimum absolute atomic E-state index is 0.303. The molecule has 0 aromatic carbocycles. The molecule has 3 heteroatoms. The molecule has 2 atom stereocenters. The fourth-order valence-electron chi connectivity index (χ4n) is 1.36. The van der Waals surface area contributed by atoms with E-state index >= 15 is 0 Å². The lowest BCUT2D eigenvalue weighted by Crippen LogP contribution is -2.32. The van der Waals surface area contributed by atoms with Crippen LogP contribution < -0.4 is 0 Å². The molecule has 68 valence electrons. The van der Waals surface area contributed by atoms with Crippen molar-refractivity contribution < 1.29 is 15.3 Å². The highest BCUT2D eigenvalue weighted by Gasteiger charge is 2.24. The Balaban J connectivity index is 3.79. The van der Waals surface area contributed by atoms with E-state index in [2.05, 4.69) is 0 Å². The Hall–Kier alpha value is -0.120. The van der Waals surface area contributed by atoms with Gasteiger partial charge in [-0.15, -0.1) is 0 Å². The lowest BCUT2D eigenvalue weighted by atomic mass is 9.93. The molecule has 0 aliphatic heterocycles. The SMILES string of the molecule is CC(O)CC(C)(O)CC(C)O. The summed E-state index contributed by atoms with van der Waals surface area (Å²) in [5.41, 5.74) is -0.956. The fourth-order valence-corrected chi connectivity index (χ4v) is 1.36. The van der Waals surface area contributed by atoms with Crippen LogP contribution in [0.25, 0.3) is 0 Å². The molecule has 0 spiro atoms. The first kappa shape index (κ1) is 10.9. The average molecular weight is 162 g/mol. The topological polar surface area (TPSA) is 60.7 Å². The van der Waals surface area contributed by atoms with Gasteiger partial charge in [-0.3, -0.25) is 0 Å². The van der Waals surface area contributed by atoms with Gasteiger partial charge in [0.15, 0.2) is 0 Å². The van der Waals surface area contributed by atoms with E-state index in [9.17, 15) is 5.11 Å². The third-order valence-corrected chi connectivity index (χ3v) is 1.47. The zero-order valence-electron chi connectivity index (χ0n) is 7.41. The molecular formula is C8H18O3. The molecule has 0 aromatic heterocycles. The van der Waals surface area contributed by atoms with E-state index in [-0.39, 0.29) is 0 Å². The van der Waals surface area contributed by atoms with Crippen molar-refractivity contribution in [2.24, 2.45) is 0 Å². The molecule has 0 saturated heterocycles. The van der Waals surface area contributed by atoms with Gasteiger partial charge in [0.2, 0.25) is 0 Å². The van der Waals surface area contributed by atoms with Crippen molar-refractivity contribution in [3.05, 3.63) is 0 Å². The van der Waals surface area contributed by atoms with Crippen LogP contribution in [0.15, 0.2) is 0 Å². The molecule has 3 nitrogen and oxygen atoms in total. The zero-order chi connectivity index (χ0) is 9.07. The maximum absolute atomic E-state index is 9.54. The van der Waals surface area contributed by atoms with Gasteiger partial charge in [0.05, 0.1) is 17.8 Å². The number of hydrogen-bond acceptors (Lipinski definition) is 3. The van der Waals surface area contributed by atoms with Crippen molar-refractivity contribution in [3.8, 4) is 0 Å². The monoisotopic (exact) mass is 162 g/mol. The van der Waals surface area contributed by atoms with Gasteiger partial charge < -0.3 is 15.3 Å². The van der Waals surface area contributed by atoms with Gasteiger partial charge in [0.25, 0.3) is 0 Å². The molecule has 2 unspecified atom stereocenters. The normalized spacial score (nSPS) is 22.4. The van der Waals surface area contributed by atoms with E-state index in [0.717, 1.165) is 0 Å². The third kappa shape index (κ3) is 6.28. The Morgan fingerprint density at radius 1 is 1.09 bits per heavy atom. The molecule has 3 N–H and O–H groups in total. The molecule has 0 aliphatic rings. The van der Waals surface area contributed by atoms with Crippen molar-refractivity contribution in [3.63, 3.8) is 0 Å². The summed E-state index contributed by atoms with van der Waals surface area (Å²) in [4.78, 5) is 0. The highest BCUT2D eigenvalue weighted by Crippen LogP contribution is 2.18. The van der Waals surface area contributed by atoms with Gasteiger partial charge >= 0.3 is 0 Å². The van der Waals surface area contributed by atoms with Crippen LogP contribution in [0.1, 0.15) is 33.6 Å². The first-order chi connectivity index (χ1) is 4.83. The summed E-state index contributed by atoms with van der Waals surface area (Å²) in [7, 11) is 0. The Morgan fingerprint density at radius 2 is 1.36 bits per heavy atom. The van der Waals surface area contributed by atoms with Gasteiger partial charge in [0, 0.05) is 12.8 Å². The van der Waals surface area contributed by atoms with E-state index in [1.54, 1.807) is 20.8 Å². The number of rotatable bonds is 4. The second-order valence-corrected chi connectivity index (χ2v) is 3.60. The van der Waals surface area contributed by atoms with Crippen LogP contribution in [0.3, 0.4) is 0 Å². The number of aliphatic hydroxyl groups is 3. The van der Waals surface area contributed by atoms with Crippen molar-refractivity contribution in [1.29, 1.82) is 0 Å². The highest BCUT2D eigenvalue weighted by atomic mass is 16.3. The fraction of sp³-hybridized carbons (Fsp3) is 1.00. The Labute approximate surface area is 67.7 Å². The quantitative estimate of drug-likeness (QED) is 0.556. The van der Waals surface area contributed by atoms with Gasteiger partial charge in [-0.05, 0) is 20.8 Å². The van der Waals surface area contributed by atoms with Crippen molar-refractivity contribution in [2.45, 2.75) is 51.4 Å². The van der Waals surface area contributed by atoms with E-state index in [0.29, 0.717) is 12.8 Å². The lowest BCUT2D eigenvalue weighted by molar-refractivity contribution is -0.0244. The molecule has 0 amide bonds. The van der Waals surface area contributed by atoms with Crippen molar-refractivity contribution >= 4 is 0 Å². The van der Waals surface area contributed by atoms with Gasteiger partial charge in [-0.1, -0.05) is 0 Å². The summed E-state index contributed by atoms with van der Waals surface area (Å²) < 4.78 is 0. The molecule has 0 heterocycles. The zero-order valence-corrected chi connectivity index (χ0v) is 7.41. The van der Waals surface area contributed by atoms with E-state index in [4.69, 9.17) is 10.2 Å². The molecule has 0 fully saturated rings. The Bertz CT molecular complexity index is 95.9. The highest BCUT2D eigenvalue weighted by molar-refractivity contribution is 4.76. The summed E-state index contributed by atoms with van der Waals surface area (Å²) in [6, 6.07) is 0. The molecule has 0 radical (unpaired) electrons. The minimum Gasteiger partial charge on any atom is -0.393 e. The standard InChI is InChI=1S/C8H18O3/c1-6(9)4-8(3,11)5-7(2)10/h6-7,9-11H,4-5H2,1-3H3. The van der Waals surface area contributed by atoms with Gasteiger partial charge in [0.1, 0.15) is 0 Å². The van der Waals surface area contributed by atoms with Crippen molar-refractivity contribution in [1.82, 2.24) is 0 Å². The molecule has 11 heavy (non-hydrogen) atoms. The van der Waals surface area contributed by atoms with Crippen LogP contribution in [0.2, 0.25) is 0 Å². The van der Waals surface area contributed by atoms with Gasteiger partial charge in [-0.25, -0.2) is 0 Å². The van der Waals surface area contributed by atoms with Crippen LogP contribution >= 0.6 is 0 Å². The summed E-state index contributed by atoms with van der Waals surface area (Å²) in [6.07, 6.45) is -0.442. The van der Waals surface area contributed by atoms with Gasteiger partial charge in [-0.2, -0.15) is 0 Å². The van der Waals surface area contributed by atoms with Crippen LogP contribution in [0, 0.1) is 0 Å². The van der Waals surface area contributed by atoms with Crippen LogP contribution in [0.5, 0.6) is 0 Å². The molecular weight excluding hydrogens is 144 g/mol. The van der Waals surface area contributed by atoms with Crippen LogP contribution in [-0.4, -0.2) is 33.1 Å². The third-order valence-electron chi connectivity index (χ3n) is 1.47. The maximum Gasteiger partial charge on any atom is 0.0668 e. The summed E-state index contributed by atoms with van der Waals surface area (Å²) in [5.74, 6) is 0. The number of hydrogen-bond donors (Lipinski definition) is 3. The predicted molar refractivity (Wildman–Crippen MR) is 43.2 cm³/mol.